The highest BCUT2D eigenvalue weighted by Crippen LogP contribution is 2.18. The smallest absolute Gasteiger partial charge is 0.251 e. The normalized spacial score (nSPS) is 15.1. The molecule has 0 fully saturated rings. The summed E-state index contributed by atoms with van der Waals surface area (Å²) in [6, 6.07) is 16.7. The van der Waals surface area contributed by atoms with Gasteiger partial charge in [0.2, 0.25) is 0 Å². The van der Waals surface area contributed by atoms with Crippen molar-refractivity contribution in [1.82, 2.24) is 5.32 Å². The Kier molecular flexibility index (Phi) is 4.57. The fourth-order valence-corrected chi connectivity index (χ4v) is 3.19. The highest BCUT2D eigenvalue weighted by atomic mass is 32.2. The first-order valence-electron chi connectivity index (χ1n) is 7.37. The molecule has 122 valence electrons. The summed E-state index contributed by atoms with van der Waals surface area (Å²) in [5, 5.41) is 3.95. The lowest BCUT2D eigenvalue weighted by Gasteiger charge is -2.12. The maximum atomic E-state index is 12.4. The molecule has 3 rings (SSSR count). The molecule has 1 amide bonds. The van der Waals surface area contributed by atoms with E-state index in [0.717, 1.165) is 16.5 Å². The van der Waals surface area contributed by atoms with E-state index in [2.05, 4.69) is 15.9 Å². The van der Waals surface area contributed by atoms with E-state index in [-0.39, 0.29) is 12.3 Å². The number of hydrogen-bond donors (Lipinski definition) is 1. The van der Waals surface area contributed by atoms with Crippen LogP contribution in [0.1, 0.15) is 21.5 Å². The number of nitrogens with zero attached hydrogens (tertiary/aromatic N) is 1. The lowest BCUT2D eigenvalue weighted by atomic mass is 10.0. The van der Waals surface area contributed by atoms with Crippen LogP contribution in [0.3, 0.4) is 0 Å². The molecule has 0 saturated heterocycles. The van der Waals surface area contributed by atoms with Gasteiger partial charge in [-0.05, 0) is 28.1 Å². The summed E-state index contributed by atoms with van der Waals surface area (Å²) in [6.45, 7) is 0.428. The Morgan fingerprint density at radius 3 is 2.46 bits per heavy atom. The Hall–Kier alpha value is -2.73. The zero-order chi connectivity index (χ0) is 17.0. The topological polar surface area (TPSA) is 75.6 Å². The molecule has 5 nitrogen and oxygen atoms in total. The molecule has 1 aliphatic heterocycles. The molecule has 0 aliphatic carbocycles. The second kappa shape index (κ2) is 6.80. The Labute approximate surface area is 140 Å². The molecular weight excluding hydrogens is 324 g/mol. The minimum atomic E-state index is -3.47. The number of sulfone groups is 1. The lowest BCUT2D eigenvalue weighted by molar-refractivity contribution is 0.0950. The number of carbonyl (C=O) groups excluding carboxylic acids is 1. The van der Waals surface area contributed by atoms with E-state index in [4.69, 9.17) is 0 Å². The molecule has 24 heavy (non-hydrogen) atoms. The number of amides is 1. The van der Waals surface area contributed by atoms with Crippen molar-refractivity contribution >= 4 is 21.3 Å². The quantitative estimate of drug-likeness (QED) is 0.850. The fourth-order valence-electron chi connectivity index (χ4n) is 2.40. The van der Waals surface area contributed by atoms with Gasteiger partial charge in [-0.15, -0.1) is 0 Å². The van der Waals surface area contributed by atoms with Crippen molar-refractivity contribution in [2.24, 2.45) is 4.99 Å². The van der Waals surface area contributed by atoms with Crippen molar-refractivity contribution in [3.05, 3.63) is 82.4 Å². The Bertz CT molecular complexity index is 916. The van der Waals surface area contributed by atoms with Crippen LogP contribution in [0.25, 0.3) is 0 Å². The first kappa shape index (κ1) is 16.1. The van der Waals surface area contributed by atoms with E-state index < -0.39 is 9.84 Å². The third-order valence-corrected chi connectivity index (χ3v) is 4.47. The molecule has 6 heteroatoms. The molecule has 2 aromatic rings. The zero-order valence-electron chi connectivity index (χ0n) is 12.8. The van der Waals surface area contributed by atoms with Gasteiger partial charge in [0.1, 0.15) is 9.84 Å². The van der Waals surface area contributed by atoms with Crippen LogP contribution in [-0.2, 0) is 22.8 Å². The van der Waals surface area contributed by atoms with Crippen LogP contribution in [0.4, 0.5) is 0 Å². The van der Waals surface area contributed by atoms with E-state index in [1.807, 2.05) is 30.3 Å². The molecule has 1 aliphatic rings. The molecule has 0 atom stereocenters. The number of benzene rings is 2. The Morgan fingerprint density at radius 1 is 1.04 bits per heavy atom. The van der Waals surface area contributed by atoms with E-state index in [0.29, 0.717) is 17.8 Å². The van der Waals surface area contributed by atoms with Crippen molar-refractivity contribution in [2.75, 3.05) is 0 Å². The van der Waals surface area contributed by atoms with Crippen LogP contribution in [-0.4, -0.2) is 19.9 Å². The fraction of sp³-hybridized carbons (Fsp3) is 0.111. The zero-order valence-corrected chi connectivity index (χ0v) is 13.6. The third-order valence-electron chi connectivity index (χ3n) is 3.54. The summed E-state index contributed by atoms with van der Waals surface area (Å²) in [6.07, 6.45) is 0.265. The summed E-state index contributed by atoms with van der Waals surface area (Å²) in [4.78, 5) is 16.2. The summed E-state index contributed by atoms with van der Waals surface area (Å²) >= 11 is 0. The van der Waals surface area contributed by atoms with Crippen molar-refractivity contribution in [2.45, 2.75) is 13.0 Å². The lowest BCUT2D eigenvalue weighted by Crippen LogP contribution is -2.24. The number of allylic oxidation sites excluding steroid dienone is 1. The van der Waals surface area contributed by atoms with Gasteiger partial charge in [0.05, 0.1) is 0 Å². The van der Waals surface area contributed by atoms with Gasteiger partial charge < -0.3 is 10.3 Å². The number of nitrogens with one attached hydrogen (secondary N) is 1. The predicted octanol–water partition coefficient (Wildman–Crippen LogP) is 2.33. The molecule has 1 heterocycles. The van der Waals surface area contributed by atoms with Crippen LogP contribution < -0.4 is 5.32 Å². The minimum Gasteiger partial charge on any atom is -0.443 e. The number of aliphatic imine (C=N–C) groups is 1. The SMILES string of the molecule is O=C(NCc1ccccc1)c1ccccc1CC1=CS(=O)(=O)[C-]=N1. The standard InChI is InChI=1S/C18H15N2O3S/c21-18(19-11-14-6-2-1-3-7-14)17-9-5-4-8-15(17)10-16-12-24(22,23)13-20-16/h1-9,12H,10-11H2,(H,19,21)/q-1. The van der Waals surface area contributed by atoms with Gasteiger partial charge in [0, 0.05) is 12.1 Å². The Morgan fingerprint density at radius 2 is 1.75 bits per heavy atom. The molecule has 0 radical (unpaired) electrons. The molecule has 0 aromatic heterocycles. The van der Waals surface area contributed by atoms with Crippen molar-refractivity contribution in [1.29, 1.82) is 0 Å². The first-order valence-corrected chi connectivity index (χ1v) is 8.91. The summed E-state index contributed by atoms with van der Waals surface area (Å²) < 4.78 is 22.7. The summed E-state index contributed by atoms with van der Waals surface area (Å²) in [7, 11) is -3.47. The highest BCUT2D eigenvalue weighted by Gasteiger charge is 2.11. The van der Waals surface area contributed by atoms with Crippen molar-refractivity contribution in [3.8, 4) is 0 Å². The van der Waals surface area contributed by atoms with Gasteiger partial charge >= 0.3 is 0 Å². The van der Waals surface area contributed by atoms with Crippen LogP contribution in [0.2, 0.25) is 0 Å². The van der Waals surface area contributed by atoms with Gasteiger partial charge in [-0.25, -0.2) is 8.42 Å². The Balaban J connectivity index is 1.74. The number of rotatable bonds is 5. The molecule has 0 spiro atoms. The third kappa shape index (κ3) is 3.97. The van der Waals surface area contributed by atoms with E-state index in [1.165, 1.54) is 0 Å². The predicted molar refractivity (Wildman–Crippen MR) is 92.2 cm³/mol. The van der Waals surface area contributed by atoms with Gasteiger partial charge in [0.15, 0.2) is 0 Å². The largest absolute Gasteiger partial charge is 0.443 e. The van der Waals surface area contributed by atoms with Crippen LogP contribution in [0.15, 0.2) is 70.7 Å². The summed E-state index contributed by atoms with van der Waals surface area (Å²) in [5.41, 5.74) is 4.67. The molecule has 0 bridgehead atoms. The van der Waals surface area contributed by atoms with Gasteiger partial charge in [0.25, 0.3) is 5.91 Å². The van der Waals surface area contributed by atoms with E-state index in [1.54, 1.807) is 24.3 Å². The van der Waals surface area contributed by atoms with Crippen LogP contribution >= 0.6 is 0 Å². The van der Waals surface area contributed by atoms with Gasteiger partial charge in [-0.3, -0.25) is 4.79 Å². The average Bonchev–Trinajstić information content (AvgIpc) is 2.93. The summed E-state index contributed by atoms with van der Waals surface area (Å²) in [5.74, 6) is -0.205. The number of hydrogen-bond acceptors (Lipinski definition) is 4. The second-order valence-electron chi connectivity index (χ2n) is 5.36. The van der Waals surface area contributed by atoms with Crippen LogP contribution in [0, 0.1) is 0 Å². The number of carbonyl (C=O) groups is 1. The van der Waals surface area contributed by atoms with Gasteiger partial charge in [-0.2, -0.15) is 0 Å². The molecular formula is C18H15N2O3S-. The maximum absolute atomic E-state index is 12.4. The van der Waals surface area contributed by atoms with Crippen molar-refractivity contribution < 1.29 is 13.2 Å². The first-order chi connectivity index (χ1) is 11.5. The average molecular weight is 339 g/mol. The van der Waals surface area contributed by atoms with Crippen molar-refractivity contribution in [3.63, 3.8) is 0 Å². The van der Waals surface area contributed by atoms with E-state index >= 15 is 0 Å². The maximum Gasteiger partial charge on any atom is 0.251 e. The molecule has 0 saturated carbocycles. The molecule has 1 N–H and O–H groups in total. The second-order valence-corrected chi connectivity index (χ2v) is 6.87. The highest BCUT2D eigenvalue weighted by molar-refractivity contribution is 8.07. The van der Waals surface area contributed by atoms with E-state index in [9.17, 15) is 13.2 Å². The van der Waals surface area contributed by atoms with Gasteiger partial charge in [-0.1, -0.05) is 60.6 Å². The van der Waals surface area contributed by atoms with Crippen LogP contribution in [0.5, 0.6) is 0 Å². The monoisotopic (exact) mass is 339 g/mol. The molecule has 2 aromatic carbocycles. The minimum absolute atomic E-state index is 0.205. The molecule has 0 unspecified atom stereocenters.